The van der Waals surface area contributed by atoms with Crippen LogP contribution in [0.2, 0.25) is 0 Å². The van der Waals surface area contributed by atoms with Crippen LogP contribution in [0.15, 0.2) is 114 Å². The molecule has 2 aromatic carbocycles. The predicted octanol–water partition coefficient (Wildman–Crippen LogP) is 12.3. The minimum Gasteiger partial charge on any atom is -0.0805 e. The molecule has 9 unspecified atom stereocenters. The molecule has 45 heavy (non-hydrogen) atoms. The second-order valence-electron chi connectivity index (χ2n) is 16.8. The van der Waals surface area contributed by atoms with Crippen molar-refractivity contribution in [1.82, 2.24) is 0 Å². The van der Waals surface area contributed by atoms with Crippen LogP contribution in [0.4, 0.5) is 0 Å². The summed E-state index contributed by atoms with van der Waals surface area (Å²) in [7, 11) is 0. The molecule has 2 aromatic rings. The molecule has 0 spiro atoms. The van der Waals surface area contributed by atoms with Crippen molar-refractivity contribution in [2.45, 2.75) is 87.5 Å². The monoisotopic (exact) mass is 592 g/mol. The van der Waals surface area contributed by atoms with Crippen LogP contribution in [0, 0.1) is 43.8 Å². The van der Waals surface area contributed by atoms with E-state index in [0.29, 0.717) is 11.8 Å². The highest BCUT2D eigenvalue weighted by molar-refractivity contribution is 5.95. The SMILES string of the molecule is CCCC1=Cc2c(ccc3ccccc23)C1C1=CC=CC2(C)C3(C)C=CC=CC3(C)C3(C)C4(C)C(C)=CC=CC4CC3(C)C12C. The van der Waals surface area contributed by atoms with E-state index >= 15 is 0 Å². The summed E-state index contributed by atoms with van der Waals surface area (Å²) in [5.41, 5.74) is 7.47. The Balaban J connectivity index is 1.45. The van der Waals surface area contributed by atoms with Gasteiger partial charge in [0.2, 0.25) is 0 Å². The number of fused-ring (bicyclic) bond motifs is 11. The molecule has 0 N–H and O–H groups in total. The second-order valence-corrected chi connectivity index (χ2v) is 16.8. The smallest absolute Gasteiger partial charge is 0.0276 e. The summed E-state index contributed by atoms with van der Waals surface area (Å²) in [6, 6.07) is 13.9. The van der Waals surface area contributed by atoms with Gasteiger partial charge in [-0.25, -0.2) is 0 Å². The van der Waals surface area contributed by atoms with Crippen molar-refractivity contribution < 1.29 is 0 Å². The van der Waals surface area contributed by atoms with Crippen molar-refractivity contribution in [1.29, 1.82) is 0 Å². The molecular weight excluding hydrogens is 540 g/mol. The van der Waals surface area contributed by atoms with Crippen molar-refractivity contribution in [3.05, 3.63) is 125 Å². The number of hydrogen-bond donors (Lipinski definition) is 0. The van der Waals surface area contributed by atoms with E-state index in [-0.39, 0.29) is 37.9 Å². The fourth-order valence-corrected chi connectivity index (χ4v) is 13.3. The lowest BCUT2D eigenvalue weighted by Crippen LogP contribution is -2.76. The molecule has 0 amide bonds. The topological polar surface area (TPSA) is 0 Å². The van der Waals surface area contributed by atoms with E-state index in [9.17, 15) is 0 Å². The first-order valence-corrected chi connectivity index (χ1v) is 17.7. The third kappa shape index (κ3) is 2.83. The van der Waals surface area contributed by atoms with Crippen molar-refractivity contribution in [3.8, 4) is 0 Å². The van der Waals surface area contributed by atoms with E-state index in [1.807, 2.05) is 0 Å². The summed E-state index contributed by atoms with van der Waals surface area (Å²) >= 11 is 0. The minimum absolute atomic E-state index is 0.00917. The zero-order valence-corrected chi connectivity index (χ0v) is 29.1. The normalized spacial score (nSPS) is 45.3. The van der Waals surface area contributed by atoms with Crippen LogP contribution in [0.3, 0.4) is 0 Å². The number of benzene rings is 2. The molecule has 0 aliphatic heterocycles. The van der Waals surface area contributed by atoms with Crippen molar-refractivity contribution >= 4 is 16.8 Å². The van der Waals surface area contributed by atoms with Gasteiger partial charge < -0.3 is 0 Å². The first-order valence-electron chi connectivity index (χ1n) is 17.7. The Labute approximate surface area is 272 Å². The maximum atomic E-state index is 2.74. The Morgan fingerprint density at radius 3 is 2.22 bits per heavy atom. The van der Waals surface area contributed by atoms with Crippen LogP contribution < -0.4 is 0 Å². The van der Waals surface area contributed by atoms with Crippen LogP contribution in [-0.4, -0.2) is 0 Å². The molecular formula is C45H52. The molecule has 0 bridgehead atoms. The Hall–Kier alpha value is -3.12. The zero-order chi connectivity index (χ0) is 31.8. The van der Waals surface area contributed by atoms with Crippen LogP contribution in [0.5, 0.6) is 0 Å². The van der Waals surface area contributed by atoms with Crippen molar-refractivity contribution in [3.63, 3.8) is 0 Å². The lowest BCUT2D eigenvalue weighted by atomic mass is 9.22. The van der Waals surface area contributed by atoms with E-state index in [2.05, 4.69) is 166 Å². The summed E-state index contributed by atoms with van der Waals surface area (Å²) in [6.07, 6.45) is 31.2. The van der Waals surface area contributed by atoms with Gasteiger partial charge in [-0.2, -0.15) is 0 Å². The standard InChI is InChI=1S/C45H52/c1-10-17-32-28-36-34-21-12-11-19-31(34)23-24-35(36)38(32)37-22-16-27-40(4)39(3)25-13-14-26-41(39,5)45(9)42(6,44(37,40)8)29-33-20-15-18-30(2)43(33,45)7/h11-16,18-28,33,38H,10,17,29H2,1-9H3. The Bertz CT molecular complexity index is 1870. The molecule has 0 aromatic heterocycles. The molecule has 9 atom stereocenters. The fraction of sp³-hybridized carbons (Fsp3) is 0.467. The highest BCUT2D eigenvalue weighted by Gasteiger charge is 2.85. The summed E-state index contributed by atoms with van der Waals surface area (Å²) in [6.45, 7) is 23.5. The summed E-state index contributed by atoms with van der Waals surface area (Å²) in [4.78, 5) is 0. The van der Waals surface area contributed by atoms with Gasteiger partial charge in [-0.05, 0) is 58.4 Å². The van der Waals surface area contributed by atoms with Gasteiger partial charge in [0, 0.05) is 33.0 Å². The Kier molecular flexibility index (Phi) is 5.74. The summed E-state index contributed by atoms with van der Waals surface area (Å²) in [5, 5.41) is 2.75. The van der Waals surface area contributed by atoms with E-state index in [1.165, 1.54) is 34.7 Å². The molecule has 2 fully saturated rings. The van der Waals surface area contributed by atoms with Crippen LogP contribution >= 0.6 is 0 Å². The lowest BCUT2D eigenvalue weighted by Gasteiger charge is -2.80. The first kappa shape index (κ1) is 29.3. The third-order valence-corrected chi connectivity index (χ3v) is 16.5. The molecule has 232 valence electrons. The van der Waals surface area contributed by atoms with E-state index in [1.54, 1.807) is 16.7 Å². The Morgan fingerprint density at radius 2 is 1.47 bits per heavy atom. The second kappa shape index (κ2) is 8.82. The van der Waals surface area contributed by atoms with Crippen LogP contribution in [0.25, 0.3) is 16.8 Å². The van der Waals surface area contributed by atoms with Gasteiger partial charge in [0.25, 0.3) is 0 Å². The van der Waals surface area contributed by atoms with Gasteiger partial charge in [0.15, 0.2) is 0 Å². The van der Waals surface area contributed by atoms with E-state index < -0.39 is 0 Å². The van der Waals surface area contributed by atoms with Crippen molar-refractivity contribution in [2.24, 2.45) is 43.8 Å². The summed E-state index contributed by atoms with van der Waals surface area (Å²) < 4.78 is 0. The number of hydrogen-bond acceptors (Lipinski definition) is 0. The first-order chi connectivity index (χ1) is 21.3. The minimum atomic E-state index is -0.105. The molecule has 0 heterocycles. The van der Waals surface area contributed by atoms with Gasteiger partial charge in [-0.1, -0.05) is 182 Å². The van der Waals surface area contributed by atoms with E-state index in [4.69, 9.17) is 0 Å². The van der Waals surface area contributed by atoms with Gasteiger partial charge in [-0.3, -0.25) is 0 Å². The average molecular weight is 593 g/mol. The average Bonchev–Trinajstić information content (AvgIpc) is 3.48. The number of allylic oxidation sites excluding steroid dienone is 13. The van der Waals surface area contributed by atoms with Gasteiger partial charge in [0.1, 0.15) is 0 Å². The third-order valence-electron chi connectivity index (χ3n) is 16.5. The van der Waals surface area contributed by atoms with Crippen molar-refractivity contribution in [2.75, 3.05) is 0 Å². The molecule has 2 saturated carbocycles. The van der Waals surface area contributed by atoms with Gasteiger partial charge >= 0.3 is 0 Å². The largest absolute Gasteiger partial charge is 0.0805 e. The van der Waals surface area contributed by atoms with Crippen LogP contribution in [-0.2, 0) is 0 Å². The highest BCUT2D eigenvalue weighted by atomic mass is 14.9. The molecule has 0 saturated heterocycles. The van der Waals surface area contributed by atoms with Crippen LogP contribution in [0.1, 0.15) is 98.6 Å². The predicted molar refractivity (Wildman–Crippen MR) is 193 cm³/mol. The van der Waals surface area contributed by atoms with E-state index in [0.717, 1.165) is 6.42 Å². The fourth-order valence-electron chi connectivity index (χ4n) is 13.3. The maximum Gasteiger partial charge on any atom is 0.0276 e. The highest BCUT2D eigenvalue weighted by Crippen LogP contribution is 2.91. The van der Waals surface area contributed by atoms with Gasteiger partial charge in [-0.15, -0.1) is 0 Å². The lowest BCUT2D eigenvalue weighted by molar-refractivity contribution is -0.267. The summed E-state index contributed by atoms with van der Waals surface area (Å²) in [5.74, 6) is 0.813. The molecule has 0 nitrogen and oxygen atoms in total. The molecule has 0 heteroatoms. The molecule has 6 aliphatic rings. The molecule has 8 rings (SSSR count). The molecule has 6 aliphatic carbocycles. The maximum absolute atomic E-state index is 2.74. The Morgan fingerprint density at radius 1 is 0.756 bits per heavy atom. The number of rotatable bonds is 3. The van der Waals surface area contributed by atoms with Gasteiger partial charge in [0.05, 0.1) is 0 Å². The molecule has 0 radical (unpaired) electrons. The zero-order valence-electron chi connectivity index (χ0n) is 29.1. The quantitative estimate of drug-likeness (QED) is 0.332.